The molecule has 5 heteroatoms. The molecule has 11 heavy (non-hydrogen) atoms. The molecule has 0 atom stereocenters. The first kappa shape index (κ1) is 9.40. The zero-order valence-electron chi connectivity index (χ0n) is 7.64. The Bertz CT molecular complexity index is 131. The summed E-state index contributed by atoms with van der Waals surface area (Å²) in [5, 5.41) is 0. The number of rotatable bonds is 0. The Morgan fingerprint density at radius 2 is 1.18 bits per heavy atom. The monoisotopic (exact) mass is 192 g/mol. The van der Waals surface area contributed by atoms with Crippen LogP contribution >= 0.6 is 0 Å². The van der Waals surface area contributed by atoms with Gasteiger partial charge in [-0.1, -0.05) is 0 Å². The van der Waals surface area contributed by atoms with Crippen molar-refractivity contribution in [2.45, 2.75) is 26.2 Å². The van der Waals surface area contributed by atoms with Gasteiger partial charge in [-0.25, -0.2) is 0 Å². The standard InChI is InChI=1S/C6H16O3Si2/c1-10(2)7-5-6-8-11(3,4)9-10/h5-6H2,1-4H3. The minimum absolute atomic E-state index is 0.690. The molecule has 0 aromatic rings. The summed E-state index contributed by atoms with van der Waals surface area (Å²) >= 11 is 0. The van der Waals surface area contributed by atoms with Crippen molar-refractivity contribution in [3.63, 3.8) is 0 Å². The Kier molecular flexibility index (Phi) is 2.55. The summed E-state index contributed by atoms with van der Waals surface area (Å²) in [7, 11) is -3.68. The molecule has 0 aromatic heterocycles. The van der Waals surface area contributed by atoms with Gasteiger partial charge in [0.05, 0.1) is 13.2 Å². The van der Waals surface area contributed by atoms with Gasteiger partial charge in [-0.05, 0) is 26.2 Å². The molecule has 1 aliphatic heterocycles. The summed E-state index contributed by atoms with van der Waals surface area (Å²) < 4.78 is 16.9. The van der Waals surface area contributed by atoms with Crippen molar-refractivity contribution in [1.82, 2.24) is 0 Å². The molecule has 0 N–H and O–H groups in total. The van der Waals surface area contributed by atoms with E-state index in [9.17, 15) is 0 Å². The molecule has 0 saturated carbocycles. The van der Waals surface area contributed by atoms with E-state index in [1.807, 2.05) is 0 Å². The predicted molar refractivity (Wildman–Crippen MR) is 48.0 cm³/mol. The predicted octanol–water partition coefficient (Wildman–Crippen LogP) is 1.45. The molecular weight excluding hydrogens is 176 g/mol. The van der Waals surface area contributed by atoms with Gasteiger partial charge in [0.1, 0.15) is 0 Å². The topological polar surface area (TPSA) is 27.7 Å². The SMILES string of the molecule is C[Si]1(C)OCCO[Si](C)(C)O1. The second kappa shape index (κ2) is 2.98. The van der Waals surface area contributed by atoms with Crippen LogP contribution in [-0.4, -0.2) is 30.3 Å². The largest absolute Gasteiger partial charge is 0.415 e. The van der Waals surface area contributed by atoms with Gasteiger partial charge in [-0.15, -0.1) is 0 Å². The van der Waals surface area contributed by atoms with E-state index in [-0.39, 0.29) is 0 Å². The second-order valence-electron chi connectivity index (χ2n) is 3.60. The lowest BCUT2D eigenvalue weighted by Crippen LogP contribution is -2.45. The van der Waals surface area contributed by atoms with E-state index >= 15 is 0 Å². The van der Waals surface area contributed by atoms with E-state index in [0.29, 0.717) is 13.2 Å². The van der Waals surface area contributed by atoms with E-state index in [4.69, 9.17) is 13.0 Å². The molecule has 1 aliphatic rings. The van der Waals surface area contributed by atoms with Crippen LogP contribution in [0.5, 0.6) is 0 Å². The lowest BCUT2D eigenvalue weighted by Gasteiger charge is -2.27. The quantitative estimate of drug-likeness (QED) is 0.544. The molecule has 0 amide bonds. The van der Waals surface area contributed by atoms with Gasteiger partial charge in [0.2, 0.25) is 0 Å². The van der Waals surface area contributed by atoms with Gasteiger partial charge in [0.25, 0.3) is 0 Å². The third-order valence-electron chi connectivity index (χ3n) is 1.47. The fraction of sp³-hybridized carbons (Fsp3) is 1.00. The minimum Gasteiger partial charge on any atom is -0.415 e. The molecule has 1 rings (SSSR count). The van der Waals surface area contributed by atoms with Crippen LogP contribution in [0.25, 0.3) is 0 Å². The molecule has 0 bridgehead atoms. The molecule has 0 aromatic carbocycles. The first-order valence-electron chi connectivity index (χ1n) is 3.89. The lowest BCUT2D eigenvalue weighted by atomic mass is 10.8. The zero-order chi connectivity index (χ0) is 8.54. The van der Waals surface area contributed by atoms with Crippen molar-refractivity contribution >= 4 is 17.1 Å². The first-order valence-corrected chi connectivity index (χ1v) is 9.53. The van der Waals surface area contributed by atoms with E-state index < -0.39 is 17.1 Å². The summed E-state index contributed by atoms with van der Waals surface area (Å²) in [5.41, 5.74) is 0. The number of hydrogen-bond donors (Lipinski definition) is 0. The third-order valence-corrected chi connectivity index (χ3v) is 7.21. The van der Waals surface area contributed by atoms with E-state index in [1.54, 1.807) is 0 Å². The highest BCUT2D eigenvalue weighted by molar-refractivity contribution is 6.78. The Labute approximate surface area is 70.2 Å². The van der Waals surface area contributed by atoms with Crippen molar-refractivity contribution in [3.8, 4) is 0 Å². The van der Waals surface area contributed by atoms with Crippen molar-refractivity contribution in [2.24, 2.45) is 0 Å². The van der Waals surface area contributed by atoms with Gasteiger partial charge < -0.3 is 13.0 Å². The molecule has 0 aliphatic carbocycles. The molecule has 0 unspecified atom stereocenters. The third kappa shape index (κ3) is 3.04. The molecule has 3 nitrogen and oxygen atoms in total. The summed E-state index contributed by atoms with van der Waals surface area (Å²) in [4.78, 5) is 0. The molecule has 1 saturated heterocycles. The van der Waals surface area contributed by atoms with Crippen molar-refractivity contribution < 1.29 is 13.0 Å². The maximum Gasteiger partial charge on any atom is 0.323 e. The van der Waals surface area contributed by atoms with E-state index in [0.717, 1.165) is 0 Å². The fourth-order valence-corrected chi connectivity index (χ4v) is 7.58. The van der Waals surface area contributed by atoms with Gasteiger partial charge >= 0.3 is 17.1 Å². The Hall–Kier alpha value is 0.314. The zero-order valence-corrected chi connectivity index (χ0v) is 9.64. The Morgan fingerprint density at radius 3 is 1.55 bits per heavy atom. The number of hydrogen-bond acceptors (Lipinski definition) is 3. The van der Waals surface area contributed by atoms with E-state index in [1.165, 1.54) is 0 Å². The van der Waals surface area contributed by atoms with Crippen LogP contribution in [0.2, 0.25) is 26.2 Å². The van der Waals surface area contributed by atoms with Gasteiger partial charge in [-0.3, -0.25) is 0 Å². The maximum absolute atomic E-state index is 5.82. The Balaban J connectivity index is 2.62. The smallest absolute Gasteiger partial charge is 0.323 e. The maximum atomic E-state index is 5.82. The molecule has 1 fully saturated rings. The average molecular weight is 192 g/mol. The molecule has 1 heterocycles. The lowest BCUT2D eigenvalue weighted by molar-refractivity contribution is 0.221. The van der Waals surface area contributed by atoms with Crippen LogP contribution in [-0.2, 0) is 13.0 Å². The summed E-state index contributed by atoms with van der Waals surface area (Å²) in [5.74, 6) is 0. The fourth-order valence-electron chi connectivity index (χ4n) is 1.23. The van der Waals surface area contributed by atoms with Crippen molar-refractivity contribution in [3.05, 3.63) is 0 Å². The van der Waals surface area contributed by atoms with Crippen molar-refractivity contribution in [2.75, 3.05) is 13.2 Å². The summed E-state index contributed by atoms with van der Waals surface area (Å²) in [6.45, 7) is 9.64. The van der Waals surface area contributed by atoms with Crippen LogP contribution in [0.4, 0.5) is 0 Å². The average Bonchev–Trinajstić information content (AvgIpc) is 1.86. The molecular formula is C6H16O3Si2. The van der Waals surface area contributed by atoms with Crippen molar-refractivity contribution in [1.29, 1.82) is 0 Å². The van der Waals surface area contributed by atoms with Gasteiger partial charge in [0.15, 0.2) is 0 Å². The van der Waals surface area contributed by atoms with Crippen LogP contribution in [0.1, 0.15) is 0 Å². The Morgan fingerprint density at radius 1 is 0.818 bits per heavy atom. The highest BCUT2D eigenvalue weighted by Gasteiger charge is 2.38. The summed E-state index contributed by atoms with van der Waals surface area (Å²) in [6.07, 6.45) is 0. The van der Waals surface area contributed by atoms with Gasteiger partial charge in [0, 0.05) is 0 Å². The minimum atomic E-state index is -1.84. The van der Waals surface area contributed by atoms with Crippen LogP contribution in [0, 0.1) is 0 Å². The highest BCUT2D eigenvalue weighted by Crippen LogP contribution is 2.19. The van der Waals surface area contributed by atoms with Crippen LogP contribution in [0.15, 0.2) is 0 Å². The van der Waals surface area contributed by atoms with E-state index in [2.05, 4.69) is 26.2 Å². The second-order valence-corrected chi connectivity index (χ2v) is 10.6. The highest BCUT2D eigenvalue weighted by atomic mass is 28.5. The molecule has 0 radical (unpaired) electrons. The van der Waals surface area contributed by atoms with Crippen LogP contribution in [0.3, 0.4) is 0 Å². The first-order chi connectivity index (χ1) is 4.91. The normalized spacial score (nSPS) is 29.5. The van der Waals surface area contributed by atoms with Crippen LogP contribution < -0.4 is 0 Å². The molecule has 0 spiro atoms. The van der Waals surface area contributed by atoms with Gasteiger partial charge in [-0.2, -0.15) is 0 Å². The summed E-state index contributed by atoms with van der Waals surface area (Å²) in [6, 6.07) is 0. The molecule has 66 valence electrons.